The number of carbonyl (C=O) groups is 1. The zero-order valence-electron chi connectivity index (χ0n) is 13.9. The molecule has 7 nitrogen and oxygen atoms in total. The molecule has 0 radical (unpaired) electrons. The van der Waals surface area contributed by atoms with Crippen LogP contribution in [-0.4, -0.2) is 33.0 Å². The van der Waals surface area contributed by atoms with Crippen molar-refractivity contribution < 1.29 is 22.5 Å². The molecule has 1 unspecified atom stereocenters. The van der Waals surface area contributed by atoms with E-state index in [4.69, 9.17) is 9.25 Å². The highest BCUT2D eigenvalue weighted by Crippen LogP contribution is 2.18. The third-order valence-electron chi connectivity index (χ3n) is 3.53. The van der Waals surface area contributed by atoms with E-state index in [-0.39, 0.29) is 16.5 Å². The van der Waals surface area contributed by atoms with Crippen LogP contribution in [0.15, 0.2) is 45.7 Å². The Labute approximate surface area is 141 Å². The highest BCUT2D eigenvalue weighted by molar-refractivity contribution is 7.89. The summed E-state index contributed by atoms with van der Waals surface area (Å²) in [7, 11) is -1.28. The van der Waals surface area contributed by atoms with Gasteiger partial charge in [0.1, 0.15) is 11.5 Å². The molecule has 2 aromatic rings. The maximum atomic E-state index is 12.4. The average molecular weight is 352 g/mol. The van der Waals surface area contributed by atoms with Crippen LogP contribution in [0.2, 0.25) is 0 Å². The molecule has 2 rings (SSSR count). The van der Waals surface area contributed by atoms with Crippen molar-refractivity contribution in [3.8, 4) is 0 Å². The highest BCUT2D eigenvalue weighted by Gasteiger charge is 2.22. The van der Waals surface area contributed by atoms with Crippen molar-refractivity contribution in [3.63, 3.8) is 0 Å². The number of rotatable bonds is 6. The number of hydrogen-bond acceptors (Lipinski definition) is 5. The quantitative estimate of drug-likeness (QED) is 0.806. The van der Waals surface area contributed by atoms with E-state index in [0.29, 0.717) is 5.76 Å². The molecule has 1 N–H and O–H groups in total. The summed E-state index contributed by atoms with van der Waals surface area (Å²) in [5.41, 5.74) is 0.232. The summed E-state index contributed by atoms with van der Waals surface area (Å²) in [5.74, 6) is 0.985. The van der Waals surface area contributed by atoms with E-state index in [1.54, 1.807) is 19.1 Å². The van der Waals surface area contributed by atoms with Gasteiger partial charge in [0.05, 0.1) is 18.0 Å². The maximum Gasteiger partial charge on any atom is 0.264 e. The molecule has 8 heteroatoms. The first-order valence-corrected chi connectivity index (χ1v) is 8.70. The first-order valence-electron chi connectivity index (χ1n) is 7.26. The van der Waals surface area contributed by atoms with Crippen LogP contribution in [0.4, 0.5) is 0 Å². The van der Waals surface area contributed by atoms with E-state index in [0.717, 1.165) is 10.2 Å². The number of hydroxylamine groups is 1. The van der Waals surface area contributed by atoms with E-state index < -0.39 is 15.9 Å². The number of nitrogens with one attached hydrogen (secondary N) is 1. The minimum atomic E-state index is -3.81. The molecule has 1 aromatic heterocycles. The van der Waals surface area contributed by atoms with Gasteiger partial charge in [-0.05, 0) is 44.2 Å². The number of benzene rings is 1. The third-order valence-corrected chi connectivity index (χ3v) is 5.20. The molecule has 0 spiro atoms. The van der Waals surface area contributed by atoms with E-state index in [9.17, 15) is 13.2 Å². The Morgan fingerprint density at radius 1 is 1.29 bits per heavy atom. The number of nitrogens with zero attached hydrogens (tertiary/aromatic N) is 1. The zero-order valence-corrected chi connectivity index (χ0v) is 14.8. The van der Waals surface area contributed by atoms with Gasteiger partial charge in [0.15, 0.2) is 0 Å². The summed E-state index contributed by atoms with van der Waals surface area (Å²) < 4.78 is 30.7. The van der Waals surface area contributed by atoms with Crippen molar-refractivity contribution in [1.29, 1.82) is 0 Å². The molecule has 0 aliphatic rings. The van der Waals surface area contributed by atoms with Gasteiger partial charge in [-0.3, -0.25) is 9.63 Å². The van der Waals surface area contributed by atoms with Gasteiger partial charge in [-0.25, -0.2) is 8.42 Å². The van der Waals surface area contributed by atoms with E-state index in [1.165, 1.54) is 32.4 Å². The number of sulfonamides is 1. The van der Waals surface area contributed by atoms with Crippen LogP contribution < -0.4 is 5.32 Å². The molecule has 1 atom stereocenters. The van der Waals surface area contributed by atoms with E-state index in [1.807, 2.05) is 13.0 Å². The molecule has 1 heterocycles. The molecule has 0 bridgehead atoms. The van der Waals surface area contributed by atoms with Crippen LogP contribution in [0.3, 0.4) is 0 Å². The zero-order chi connectivity index (χ0) is 17.9. The van der Waals surface area contributed by atoms with Crippen molar-refractivity contribution in [3.05, 3.63) is 53.5 Å². The molecule has 1 aromatic carbocycles. The average Bonchev–Trinajstić information content (AvgIpc) is 3.00. The maximum absolute atomic E-state index is 12.4. The number of carbonyl (C=O) groups excluding carboxylic acids is 1. The fourth-order valence-electron chi connectivity index (χ4n) is 2.08. The predicted octanol–water partition coefficient (Wildman–Crippen LogP) is 2.26. The van der Waals surface area contributed by atoms with Gasteiger partial charge in [0.25, 0.3) is 15.9 Å². The largest absolute Gasteiger partial charge is 0.464 e. The lowest BCUT2D eigenvalue weighted by Crippen LogP contribution is -2.28. The Morgan fingerprint density at radius 3 is 2.58 bits per heavy atom. The van der Waals surface area contributed by atoms with Crippen molar-refractivity contribution >= 4 is 15.9 Å². The first kappa shape index (κ1) is 18.2. The molecule has 130 valence electrons. The predicted molar refractivity (Wildman–Crippen MR) is 87.7 cm³/mol. The second-order valence-electron chi connectivity index (χ2n) is 5.27. The standard InChI is InChI=1S/C16H20N2O5S/c1-11-8-9-15(23-11)12(2)17-16(19)13-6-5-7-14(10-13)24(20,21)18(3)22-4/h5-10,12H,1-4H3,(H,17,19). The number of furan rings is 1. The fourth-order valence-corrected chi connectivity index (χ4v) is 3.10. The molecule has 1 amide bonds. The molecule has 24 heavy (non-hydrogen) atoms. The minimum absolute atomic E-state index is 0.0269. The van der Waals surface area contributed by atoms with Gasteiger partial charge in [-0.2, -0.15) is 0 Å². The topological polar surface area (TPSA) is 88.8 Å². The monoisotopic (exact) mass is 352 g/mol. The lowest BCUT2D eigenvalue weighted by molar-refractivity contribution is -0.0258. The van der Waals surface area contributed by atoms with Crippen molar-refractivity contribution in [1.82, 2.24) is 9.79 Å². The third kappa shape index (κ3) is 3.84. The van der Waals surface area contributed by atoms with Gasteiger partial charge in [0.2, 0.25) is 0 Å². The van der Waals surface area contributed by atoms with Crippen LogP contribution in [-0.2, 0) is 14.9 Å². The summed E-state index contributed by atoms with van der Waals surface area (Å²) in [5, 5.41) is 2.78. The summed E-state index contributed by atoms with van der Waals surface area (Å²) >= 11 is 0. The summed E-state index contributed by atoms with van der Waals surface area (Å²) in [6, 6.07) is 9.02. The molecule has 0 saturated heterocycles. The van der Waals surface area contributed by atoms with Crippen LogP contribution in [0.1, 0.15) is 34.8 Å². The van der Waals surface area contributed by atoms with E-state index in [2.05, 4.69) is 5.32 Å². The van der Waals surface area contributed by atoms with Crippen LogP contribution in [0.25, 0.3) is 0 Å². The first-order chi connectivity index (χ1) is 11.3. The van der Waals surface area contributed by atoms with Gasteiger partial charge < -0.3 is 9.73 Å². The van der Waals surface area contributed by atoms with Gasteiger partial charge in [-0.15, -0.1) is 0 Å². The second kappa shape index (κ2) is 7.16. The molecule has 0 saturated carbocycles. The number of amides is 1. The Bertz CT molecular complexity index is 828. The number of aryl methyl sites for hydroxylation is 1. The molecule has 0 aliphatic heterocycles. The lowest BCUT2D eigenvalue weighted by Gasteiger charge is -2.15. The molecular weight excluding hydrogens is 332 g/mol. The van der Waals surface area contributed by atoms with Crippen LogP contribution >= 0.6 is 0 Å². The van der Waals surface area contributed by atoms with Crippen molar-refractivity contribution in [2.75, 3.05) is 14.2 Å². The Balaban J connectivity index is 2.20. The van der Waals surface area contributed by atoms with Crippen molar-refractivity contribution in [2.45, 2.75) is 24.8 Å². The number of hydrogen-bond donors (Lipinski definition) is 1. The smallest absolute Gasteiger partial charge is 0.264 e. The van der Waals surface area contributed by atoms with Crippen molar-refractivity contribution in [2.24, 2.45) is 0 Å². The molecule has 0 fully saturated rings. The van der Waals surface area contributed by atoms with Gasteiger partial charge in [0, 0.05) is 12.6 Å². The van der Waals surface area contributed by atoms with E-state index >= 15 is 0 Å². The Hall–Kier alpha value is -2.16. The molecular formula is C16H20N2O5S. The fraction of sp³-hybridized carbons (Fsp3) is 0.312. The minimum Gasteiger partial charge on any atom is -0.464 e. The molecule has 0 aliphatic carbocycles. The summed E-state index contributed by atoms with van der Waals surface area (Å²) in [6.07, 6.45) is 0. The summed E-state index contributed by atoms with van der Waals surface area (Å²) in [6.45, 7) is 3.61. The SMILES string of the molecule is CON(C)S(=O)(=O)c1cccc(C(=O)NC(C)c2ccc(C)o2)c1. The van der Waals surface area contributed by atoms with Crippen LogP contribution in [0, 0.1) is 6.92 Å². The van der Waals surface area contributed by atoms with Crippen LogP contribution in [0.5, 0.6) is 0 Å². The normalized spacial score (nSPS) is 13.0. The van der Waals surface area contributed by atoms with Gasteiger partial charge in [-0.1, -0.05) is 10.5 Å². The summed E-state index contributed by atoms with van der Waals surface area (Å²) in [4.78, 5) is 17.1. The Kier molecular flexibility index (Phi) is 5.43. The Morgan fingerprint density at radius 2 is 2.00 bits per heavy atom. The highest BCUT2D eigenvalue weighted by atomic mass is 32.2. The lowest BCUT2D eigenvalue weighted by atomic mass is 10.2. The second-order valence-corrected chi connectivity index (χ2v) is 7.20. The van der Waals surface area contributed by atoms with Gasteiger partial charge >= 0.3 is 0 Å².